The normalized spacial score (nSPS) is 12.4. The van der Waals surface area contributed by atoms with Gasteiger partial charge in [-0.3, -0.25) is 0 Å². The zero-order chi connectivity index (χ0) is 14.5. The first kappa shape index (κ1) is 15.0. The number of methoxy groups -OCH3 is 1. The van der Waals surface area contributed by atoms with Gasteiger partial charge in [-0.15, -0.1) is 11.3 Å². The van der Waals surface area contributed by atoms with Crippen LogP contribution in [0.1, 0.15) is 30.5 Å². The van der Waals surface area contributed by atoms with Gasteiger partial charge in [-0.05, 0) is 26.0 Å². The highest BCUT2D eigenvalue weighted by molar-refractivity contribution is 7.15. The monoisotopic (exact) mass is 292 g/mol. The van der Waals surface area contributed by atoms with Crippen LogP contribution in [0.2, 0.25) is 0 Å². The van der Waals surface area contributed by atoms with E-state index < -0.39 is 0 Å². The highest BCUT2D eigenvalue weighted by atomic mass is 32.1. The Balaban J connectivity index is 2.45. The molecular weight excluding hydrogens is 272 g/mol. The molecule has 5 heteroatoms. The lowest BCUT2D eigenvalue weighted by molar-refractivity contribution is 0.181. The molecule has 108 valence electrons. The average Bonchev–Trinajstić information content (AvgIpc) is 2.84. The van der Waals surface area contributed by atoms with Gasteiger partial charge in [-0.2, -0.15) is 0 Å². The van der Waals surface area contributed by atoms with E-state index in [1.807, 2.05) is 38.1 Å². The number of ether oxygens (including phenoxy) is 2. The maximum atomic E-state index is 6.02. The second kappa shape index (κ2) is 6.83. The van der Waals surface area contributed by atoms with Crippen LogP contribution in [0.25, 0.3) is 10.6 Å². The minimum Gasteiger partial charge on any atom is -0.493 e. The quantitative estimate of drug-likeness (QED) is 0.886. The van der Waals surface area contributed by atoms with Gasteiger partial charge in [-0.25, -0.2) is 4.98 Å². The molecule has 4 nitrogen and oxygen atoms in total. The van der Waals surface area contributed by atoms with Gasteiger partial charge < -0.3 is 15.2 Å². The van der Waals surface area contributed by atoms with E-state index in [9.17, 15) is 0 Å². The van der Waals surface area contributed by atoms with Crippen molar-refractivity contribution in [2.45, 2.75) is 26.5 Å². The molecule has 0 radical (unpaired) electrons. The maximum absolute atomic E-state index is 6.02. The van der Waals surface area contributed by atoms with Crippen LogP contribution in [-0.4, -0.2) is 18.7 Å². The van der Waals surface area contributed by atoms with Crippen LogP contribution in [0.5, 0.6) is 5.75 Å². The summed E-state index contributed by atoms with van der Waals surface area (Å²) in [6.07, 6.45) is 0. The smallest absolute Gasteiger partial charge is 0.129 e. The second-order valence-electron chi connectivity index (χ2n) is 4.48. The Morgan fingerprint density at radius 3 is 2.75 bits per heavy atom. The zero-order valence-corrected chi connectivity index (χ0v) is 12.9. The molecule has 2 N–H and O–H groups in total. The molecule has 1 unspecified atom stereocenters. The van der Waals surface area contributed by atoms with E-state index in [0.717, 1.165) is 26.9 Å². The maximum Gasteiger partial charge on any atom is 0.129 e. The van der Waals surface area contributed by atoms with E-state index in [1.54, 1.807) is 18.4 Å². The number of benzene rings is 1. The molecule has 0 spiro atoms. The van der Waals surface area contributed by atoms with Crippen molar-refractivity contribution in [3.05, 3.63) is 34.8 Å². The molecule has 0 aliphatic carbocycles. The summed E-state index contributed by atoms with van der Waals surface area (Å²) in [5.74, 6) is 0.851. The minimum absolute atomic E-state index is 0.0503. The van der Waals surface area contributed by atoms with Gasteiger partial charge in [0.2, 0.25) is 0 Å². The van der Waals surface area contributed by atoms with Crippen molar-refractivity contribution >= 4 is 11.3 Å². The van der Waals surface area contributed by atoms with Gasteiger partial charge in [0.1, 0.15) is 10.8 Å². The first-order valence-electron chi connectivity index (χ1n) is 6.63. The molecule has 0 amide bonds. The lowest BCUT2D eigenvalue weighted by Gasteiger charge is -2.07. The van der Waals surface area contributed by atoms with Crippen LogP contribution in [0, 0.1) is 0 Å². The van der Waals surface area contributed by atoms with Crippen LogP contribution in [-0.2, 0) is 11.3 Å². The Bertz CT molecular complexity index is 567. The first-order valence-corrected chi connectivity index (χ1v) is 7.45. The average molecular weight is 292 g/mol. The Morgan fingerprint density at radius 2 is 2.10 bits per heavy atom. The van der Waals surface area contributed by atoms with Crippen LogP contribution < -0.4 is 10.5 Å². The summed E-state index contributed by atoms with van der Waals surface area (Å²) in [5.41, 5.74) is 7.93. The third-order valence-corrected chi connectivity index (χ3v) is 4.17. The van der Waals surface area contributed by atoms with Crippen molar-refractivity contribution in [2.75, 3.05) is 13.7 Å². The molecule has 1 aromatic carbocycles. The summed E-state index contributed by atoms with van der Waals surface area (Å²) in [6.45, 7) is 5.05. The van der Waals surface area contributed by atoms with Crippen LogP contribution in [0.15, 0.2) is 24.3 Å². The lowest BCUT2D eigenvalue weighted by atomic mass is 10.2. The van der Waals surface area contributed by atoms with E-state index in [0.29, 0.717) is 13.2 Å². The van der Waals surface area contributed by atoms with Crippen molar-refractivity contribution in [3.63, 3.8) is 0 Å². The second-order valence-corrected chi connectivity index (χ2v) is 5.51. The van der Waals surface area contributed by atoms with Crippen molar-refractivity contribution < 1.29 is 9.47 Å². The summed E-state index contributed by atoms with van der Waals surface area (Å²) in [7, 11) is 1.66. The van der Waals surface area contributed by atoms with Crippen molar-refractivity contribution in [3.8, 4) is 16.3 Å². The Labute approximate surface area is 123 Å². The number of nitrogens with zero attached hydrogens (tertiary/aromatic N) is 1. The van der Waals surface area contributed by atoms with E-state index >= 15 is 0 Å². The number of nitrogens with two attached hydrogens (primary N) is 1. The summed E-state index contributed by atoms with van der Waals surface area (Å²) >= 11 is 1.60. The van der Waals surface area contributed by atoms with Crippen LogP contribution in [0.4, 0.5) is 0 Å². The number of hydrogen-bond acceptors (Lipinski definition) is 5. The Hall–Kier alpha value is -1.43. The van der Waals surface area contributed by atoms with Crippen molar-refractivity contribution in [2.24, 2.45) is 5.73 Å². The third-order valence-electron chi connectivity index (χ3n) is 2.84. The SMILES string of the molecule is CCOc1ccccc1-c1nc(COC)c(C(C)N)s1. The fraction of sp³-hybridized carbons (Fsp3) is 0.400. The molecule has 1 atom stereocenters. The predicted molar refractivity (Wildman–Crippen MR) is 82.0 cm³/mol. The molecule has 2 rings (SSSR count). The number of aromatic nitrogens is 1. The number of thiazole rings is 1. The highest BCUT2D eigenvalue weighted by Crippen LogP contribution is 2.36. The molecule has 2 aromatic rings. The summed E-state index contributed by atoms with van der Waals surface area (Å²) in [4.78, 5) is 5.73. The summed E-state index contributed by atoms with van der Waals surface area (Å²) < 4.78 is 10.9. The van der Waals surface area contributed by atoms with E-state index in [1.165, 1.54) is 0 Å². The lowest BCUT2D eigenvalue weighted by Crippen LogP contribution is -2.06. The van der Waals surface area contributed by atoms with Crippen molar-refractivity contribution in [1.82, 2.24) is 4.98 Å². The van der Waals surface area contributed by atoms with E-state index in [4.69, 9.17) is 15.2 Å². The van der Waals surface area contributed by atoms with Gasteiger partial charge in [-0.1, -0.05) is 12.1 Å². The topological polar surface area (TPSA) is 57.4 Å². The highest BCUT2D eigenvalue weighted by Gasteiger charge is 2.17. The summed E-state index contributed by atoms with van der Waals surface area (Å²) in [6, 6.07) is 7.88. The number of para-hydroxylation sites is 1. The molecule has 0 fully saturated rings. The van der Waals surface area contributed by atoms with Crippen LogP contribution in [0.3, 0.4) is 0 Å². The molecule has 1 heterocycles. The van der Waals surface area contributed by atoms with E-state index in [2.05, 4.69) is 4.98 Å². The van der Waals surface area contributed by atoms with Gasteiger partial charge in [0.15, 0.2) is 0 Å². The fourth-order valence-electron chi connectivity index (χ4n) is 2.00. The molecular formula is C15H20N2O2S. The largest absolute Gasteiger partial charge is 0.493 e. The molecule has 20 heavy (non-hydrogen) atoms. The summed E-state index contributed by atoms with van der Waals surface area (Å²) in [5, 5.41) is 0.924. The van der Waals surface area contributed by atoms with Gasteiger partial charge >= 0.3 is 0 Å². The Morgan fingerprint density at radius 1 is 1.35 bits per heavy atom. The van der Waals surface area contributed by atoms with Gasteiger partial charge in [0, 0.05) is 18.0 Å². The van der Waals surface area contributed by atoms with Gasteiger partial charge in [0.05, 0.1) is 24.5 Å². The van der Waals surface area contributed by atoms with Crippen molar-refractivity contribution in [1.29, 1.82) is 0 Å². The Kier molecular flexibility index (Phi) is 5.11. The molecule has 0 bridgehead atoms. The minimum atomic E-state index is -0.0503. The van der Waals surface area contributed by atoms with Crippen LogP contribution >= 0.6 is 11.3 Å². The standard InChI is InChI=1S/C15H20N2O2S/c1-4-19-13-8-6-5-7-11(13)15-17-12(9-18-3)14(20-15)10(2)16/h5-8,10H,4,9,16H2,1-3H3. The number of rotatable bonds is 6. The molecule has 0 aliphatic heterocycles. The molecule has 0 aliphatic rings. The number of hydrogen-bond donors (Lipinski definition) is 1. The third kappa shape index (κ3) is 3.17. The molecule has 1 aromatic heterocycles. The fourth-order valence-corrected chi connectivity index (χ4v) is 3.05. The van der Waals surface area contributed by atoms with E-state index in [-0.39, 0.29) is 6.04 Å². The molecule has 0 saturated carbocycles. The molecule has 0 saturated heterocycles. The zero-order valence-electron chi connectivity index (χ0n) is 12.1. The predicted octanol–water partition coefficient (Wildman–Crippen LogP) is 3.37. The first-order chi connectivity index (χ1) is 9.67. The van der Waals surface area contributed by atoms with Gasteiger partial charge in [0.25, 0.3) is 0 Å².